The van der Waals surface area contributed by atoms with Crippen LogP contribution in [0.3, 0.4) is 0 Å². The second kappa shape index (κ2) is 10.5. The number of thioether (sulfide) groups is 1. The number of nitrogens with zero attached hydrogens (tertiary/aromatic N) is 3. The molecule has 0 saturated heterocycles. The molecule has 0 aliphatic rings. The molecule has 6 nitrogen and oxygen atoms in total. The Bertz CT molecular complexity index is 1350. The SMILES string of the molecule is COc1ccc(-c2csc(NC(=O)C(C)Sc3cc(-c4ccccc4)nc(C)n3)c2C#N)cc1. The van der Waals surface area contributed by atoms with Crippen molar-refractivity contribution in [3.8, 4) is 34.2 Å². The van der Waals surface area contributed by atoms with Gasteiger partial charge < -0.3 is 10.1 Å². The average Bonchev–Trinajstić information content (AvgIpc) is 3.26. The van der Waals surface area contributed by atoms with Crippen LogP contribution in [0, 0.1) is 18.3 Å². The standard InChI is InChI=1S/C26H22N4O2S2/c1-16(34-24-13-23(28-17(2)29-24)19-7-5-4-6-8-19)25(31)30-26-21(14-27)22(15-33-26)18-9-11-20(32-3)12-10-18/h4-13,15-16H,1-3H3,(H,30,31). The van der Waals surface area contributed by atoms with Gasteiger partial charge in [0.2, 0.25) is 5.91 Å². The summed E-state index contributed by atoms with van der Waals surface area (Å²) in [6.45, 7) is 3.66. The average molecular weight is 487 g/mol. The zero-order valence-electron chi connectivity index (χ0n) is 18.9. The lowest BCUT2D eigenvalue weighted by atomic mass is 10.0. The fraction of sp³-hybridized carbons (Fsp3) is 0.154. The number of hydrogen-bond acceptors (Lipinski definition) is 7. The van der Waals surface area contributed by atoms with Crippen molar-refractivity contribution in [1.82, 2.24) is 9.97 Å². The highest BCUT2D eigenvalue weighted by Gasteiger charge is 2.20. The summed E-state index contributed by atoms with van der Waals surface area (Å²) in [7, 11) is 1.61. The van der Waals surface area contributed by atoms with Crippen LogP contribution in [0.25, 0.3) is 22.4 Å². The molecule has 34 heavy (non-hydrogen) atoms. The number of aromatic nitrogens is 2. The minimum Gasteiger partial charge on any atom is -0.497 e. The van der Waals surface area contributed by atoms with Crippen LogP contribution in [0.2, 0.25) is 0 Å². The van der Waals surface area contributed by atoms with Gasteiger partial charge >= 0.3 is 0 Å². The molecule has 2 aromatic heterocycles. The molecule has 0 radical (unpaired) electrons. The van der Waals surface area contributed by atoms with E-state index in [2.05, 4.69) is 21.4 Å². The molecule has 0 saturated carbocycles. The summed E-state index contributed by atoms with van der Waals surface area (Å²) >= 11 is 2.70. The second-order valence-corrected chi connectivity index (χ2v) is 9.69. The Morgan fingerprint density at radius 3 is 2.53 bits per heavy atom. The Balaban J connectivity index is 1.50. The number of nitriles is 1. The molecule has 170 valence electrons. The molecule has 8 heteroatoms. The summed E-state index contributed by atoms with van der Waals surface area (Å²) in [5.74, 6) is 1.19. The summed E-state index contributed by atoms with van der Waals surface area (Å²) in [6, 6.07) is 21.5. The normalized spacial score (nSPS) is 11.5. The molecule has 1 unspecified atom stereocenters. The summed E-state index contributed by atoms with van der Waals surface area (Å²) < 4.78 is 5.20. The number of anilines is 1. The van der Waals surface area contributed by atoms with Crippen LogP contribution < -0.4 is 10.1 Å². The smallest absolute Gasteiger partial charge is 0.238 e. The van der Waals surface area contributed by atoms with E-state index in [9.17, 15) is 10.1 Å². The lowest BCUT2D eigenvalue weighted by molar-refractivity contribution is -0.115. The van der Waals surface area contributed by atoms with E-state index in [1.54, 1.807) is 7.11 Å². The number of benzene rings is 2. The zero-order chi connectivity index (χ0) is 24.1. The maximum absolute atomic E-state index is 13.0. The van der Waals surface area contributed by atoms with E-state index in [0.717, 1.165) is 33.2 Å². The largest absolute Gasteiger partial charge is 0.497 e. The highest BCUT2D eigenvalue weighted by atomic mass is 32.2. The van der Waals surface area contributed by atoms with E-state index in [-0.39, 0.29) is 5.91 Å². The van der Waals surface area contributed by atoms with Crippen molar-refractivity contribution in [1.29, 1.82) is 5.26 Å². The molecule has 0 aliphatic heterocycles. The number of thiophene rings is 1. The molecular weight excluding hydrogens is 464 g/mol. The van der Waals surface area contributed by atoms with Gasteiger partial charge in [0.1, 0.15) is 27.7 Å². The lowest BCUT2D eigenvalue weighted by Gasteiger charge is -2.12. The Morgan fingerprint density at radius 2 is 1.85 bits per heavy atom. The van der Waals surface area contributed by atoms with Gasteiger partial charge in [-0.05, 0) is 37.6 Å². The summed E-state index contributed by atoms with van der Waals surface area (Å²) in [5.41, 5.74) is 3.93. The maximum Gasteiger partial charge on any atom is 0.238 e. The number of hydrogen-bond donors (Lipinski definition) is 1. The number of rotatable bonds is 7. The minimum absolute atomic E-state index is 0.192. The summed E-state index contributed by atoms with van der Waals surface area (Å²) in [5, 5.41) is 15.4. The molecule has 1 amide bonds. The third kappa shape index (κ3) is 5.28. The van der Waals surface area contributed by atoms with Crippen molar-refractivity contribution in [3.63, 3.8) is 0 Å². The Labute approximate surface area is 206 Å². The number of amides is 1. The first-order chi connectivity index (χ1) is 16.5. The predicted molar refractivity (Wildman–Crippen MR) is 137 cm³/mol. The van der Waals surface area contributed by atoms with Crippen molar-refractivity contribution < 1.29 is 9.53 Å². The number of ether oxygens (including phenoxy) is 1. The van der Waals surface area contributed by atoms with Crippen LogP contribution in [-0.4, -0.2) is 28.2 Å². The quantitative estimate of drug-likeness (QED) is 0.248. The first-order valence-corrected chi connectivity index (χ1v) is 12.3. The Kier molecular flexibility index (Phi) is 7.26. The molecule has 4 rings (SSSR count). The number of nitrogens with one attached hydrogen (secondary N) is 1. The molecule has 0 fully saturated rings. The maximum atomic E-state index is 13.0. The van der Waals surface area contributed by atoms with Crippen molar-refractivity contribution in [2.45, 2.75) is 24.1 Å². The molecule has 1 atom stereocenters. The van der Waals surface area contributed by atoms with E-state index in [1.165, 1.54) is 23.1 Å². The van der Waals surface area contributed by atoms with E-state index >= 15 is 0 Å². The van der Waals surface area contributed by atoms with Crippen LogP contribution in [0.4, 0.5) is 5.00 Å². The van der Waals surface area contributed by atoms with Gasteiger partial charge in [-0.3, -0.25) is 4.79 Å². The van der Waals surface area contributed by atoms with Gasteiger partial charge in [-0.25, -0.2) is 9.97 Å². The van der Waals surface area contributed by atoms with Crippen LogP contribution in [0.15, 0.2) is 71.1 Å². The van der Waals surface area contributed by atoms with Gasteiger partial charge in [0, 0.05) is 16.5 Å². The van der Waals surface area contributed by atoms with Gasteiger partial charge in [-0.15, -0.1) is 11.3 Å². The highest BCUT2D eigenvalue weighted by molar-refractivity contribution is 8.00. The van der Waals surface area contributed by atoms with Crippen LogP contribution >= 0.6 is 23.1 Å². The first-order valence-electron chi connectivity index (χ1n) is 10.5. The van der Waals surface area contributed by atoms with Gasteiger partial charge in [0.05, 0.1) is 23.6 Å². The van der Waals surface area contributed by atoms with E-state index in [4.69, 9.17) is 4.74 Å². The first kappa shape index (κ1) is 23.5. The van der Waals surface area contributed by atoms with E-state index in [0.29, 0.717) is 16.4 Å². The molecular formula is C26H22N4O2S2. The van der Waals surface area contributed by atoms with Crippen molar-refractivity contribution in [3.05, 3.63) is 77.4 Å². The van der Waals surface area contributed by atoms with Crippen LogP contribution in [-0.2, 0) is 4.79 Å². The van der Waals surface area contributed by atoms with Crippen LogP contribution in [0.5, 0.6) is 5.75 Å². The number of aryl methyl sites for hydroxylation is 1. The Morgan fingerprint density at radius 1 is 1.12 bits per heavy atom. The van der Waals surface area contributed by atoms with Crippen molar-refractivity contribution in [2.75, 3.05) is 12.4 Å². The van der Waals surface area contributed by atoms with Crippen molar-refractivity contribution in [2.24, 2.45) is 0 Å². The molecule has 1 N–H and O–H groups in total. The molecule has 2 aromatic carbocycles. The van der Waals surface area contributed by atoms with Gasteiger partial charge in [-0.2, -0.15) is 5.26 Å². The summed E-state index contributed by atoms with van der Waals surface area (Å²) in [4.78, 5) is 22.0. The van der Waals surface area contributed by atoms with E-state index in [1.807, 2.05) is 79.9 Å². The molecule has 0 spiro atoms. The molecule has 0 aliphatic carbocycles. The van der Waals surface area contributed by atoms with Crippen molar-refractivity contribution >= 4 is 34.0 Å². The highest BCUT2D eigenvalue weighted by Crippen LogP contribution is 2.36. The minimum atomic E-state index is -0.420. The third-order valence-electron chi connectivity index (χ3n) is 5.09. The lowest BCUT2D eigenvalue weighted by Crippen LogP contribution is -2.22. The fourth-order valence-electron chi connectivity index (χ4n) is 3.35. The predicted octanol–water partition coefficient (Wildman–Crippen LogP) is 6.18. The van der Waals surface area contributed by atoms with E-state index < -0.39 is 5.25 Å². The number of methoxy groups -OCH3 is 1. The fourth-order valence-corrected chi connectivity index (χ4v) is 5.16. The number of carbonyl (C=O) groups is 1. The molecule has 2 heterocycles. The van der Waals surface area contributed by atoms with Gasteiger partial charge in [0.15, 0.2) is 0 Å². The third-order valence-corrected chi connectivity index (χ3v) is 7.01. The Hall–Kier alpha value is -3.67. The number of carbonyl (C=O) groups excluding carboxylic acids is 1. The molecule has 0 bridgehead atoms. The topological polar surface area (TPSA) is 87.9 Å². The molecule has 4 aromatic rings. The monoisotopic (exact) mass is 486 g/mol. The van der Waals surface area contributed by atoms with Crippen LogP contribution in [0.1, 0.15) is 18.3 Å². The second-order valence-electron chi connectivity index (χ2n) is 7.45. The zero-order valence-corrected chi connectivity index (χ0v) is 20.5. The summed E-state index contributed by atoms with van der Waals surface area (Å²) in [6.07, 6.45) is 0. The van der Waals surface area contributed by atoms with Gasteiger partial charge in [-0.1, -0.05) is 54.2 Å². The van der Waals surface area contributed by atoms with Gasteiger partial charge in [0.25, 0.3) is 0 Å².